The van der Waals surface area contributed by atoms with E-state index in [9.17, 15) is 8.78 Å². The van der Waals surface area contributed by atoms with Crippen molar-refractivity contribution in [1.29, 1.82) is 0 Å². The van der Waals surface area contributed by atoms with Crippen LogP contribution in [0.25, 0.3) is 0 Å². The Morgan fingerprint density at radius 2 is 1.94 bits per heavy atom. The molecule has 2 rings (SSSR count). The number of hydrogen-bond donors (Lipinski definition) is 1. The number of rotatable bonds is 3. The van der Waals surface area contributed by atoms with E-state index in [2.05, 4.69) is 0 Å². The van der Waals surface area contributed by atoms with E-state index in [-0.39, 0.29) is 0 Å². The molecule has 0 aliphatic heterocycles. The van der Waals surface area contributed by atoms with Gasteiger partial charge in [0.05, 0.1) is 0 Å². The van der Waals surface area contributed by atoms with E-state index in [1.807, 2.05) is 23.8 Å². The molecular weight excluding hydrogens is 222 g/mol. The largest absolute Gasteiger partial charge is 0.347 e. The standard InChI is InChI=1S/C13H14F2N2/c1-9-11(7-16)4-5-17(9)8-10-2-3-12(14)13(15)6-10/h2-6H,7-8,16H2,1H3. The number of nitrogens with two attached hydrogens (primary N) is 1. The summed E-state index contributed by atoms with van der Waals surface area (Å²) in [5.41, 5.74) is 8.42. The number of nitrogens with zero attached hydrogens (tertiary/aromatic N) is 1. The summed E-state index contributed by atoms with van der Waals surface area (Å²) in [6.45, 7) is 2.96. The van der Waals surface area contributed by atoms with Crippen molar-refractivity contribution in [3.63, 3.8) is 0 Å². The Balaban J connectivity index is 2.25. The van der Waals surface area contributed by atoms with Crippen LogP contribution in [0.4, 0.5) is 8.78 Å². The predicted molar refractivity (Wildman–Crippen MR) is 62.5 cm³/mol. The van der Waals surface area contributed by atoms with Crippen LogP contribution in [0.5, 0.6) is 0 Å². The van der Waals surface area contributed by atoms with E-state index in [1.165, 1.54) is 6.07 Å². The number of hydrogen-bond acceptors (Lipinski definition) is 1. The molecule has 0 bridgehead atoms. The van der Waals surface area contributed by atoms with Crippen molar-refractivity contribution in [1.82, 2.24) is 4.57 Å². The summed E-state index contributed by atoms with van der Waals surface area (Å²) in [5.74, 6) is -1.63. The van der Waals surface area contributed by atoms with Gasteiger partial charge in [0, 0.05) is 25.0 Å². The predicted octanol–water partition coefficient (Wildman–Crippen LogP) is 2.58. The highest BCUT2D eigenvalue weighted by Gasteiger charge is 2.06. The van der Waals surface area contributed by atoms with Crippen molar-refractivity contribution in [2.24, 2.45) is 5.73 Å². The first kappa shape index (κ1) is 11.8. The maximum absolute atomic E-state index is 13.0. The molecule has 0 saturated heterocycles. The van der Waals surface area contributed by atoms with Crippen LogP contribution in [0.1, 0.15) is 16.8 Å². The van der Waals surface area contributed by atoms with Crippen molar-refractivity contribution in [3.05, 3.63) is 58.9 Å². The second kappa shape index (κ2) is 4.67. The van der Waals surface area contributed by atoms with Gasteiger partial charge in [0.15, 0.2) is 11.6 Å². The molecule has 2 nitrogen and oxygen atoms in total. The van der Waals surface area contributed by atoms with Crippen LogP contribution in [0, 0.1) is 18.6 Å². The van der Waals surface area contributed by atoms with E-state index in [0.29, 0.717) is 13.1 Å². The fourth-order valence-electron chi connectivity index (χ4n) is 1.82. The number of halogens is 2. The summed E-state index contributed by atoms with van der Waals surface area (Å²) < 4.78 is 27.8. The summed E-state index contributed by atoms with van der Waals surface area (Å²) in [6.07, 6.45) is 1.90. The van der Waals surface area contributed by atoms with Gasteiger partial charge in [-0.25, -0.2) is 8.78 Å². The van der Waals surface area contributed by atoms with Crippen molar-refractivity contribution in [2.75, 3.05) is 0 Å². The lowest BCUT2D eigenvalue weighted by molar-refractivity contribution is 0.506. The van der Waals surface area contributed by atoms with Crippen LogP contribution >= 0.6 is 0 Å². The number of benzene rings is 1. The Bertz CT molecular complexity index is 532. The van der Waals surface area contributed by atoms with Gasteiger partial charge < -0.3 is 10.3 Å². The quantitative estimate of drug-likeness (QED) is 0.872. The van der Waals surface area contributed by atoms with Gasteiger partial charge >= 0.3 is 0 Å². The highest BCUT2D eigenvalue weighted by molar-refractivity contribution is 5.24. The third-order valence-corrected chi connectivity index (χ3v) is 2.91. The first-order valence-electron chi connectivity index (χ1n) is 5.40. The minimum atomic E-state index is -0.819. The minimum Gasteiger partial charge on any atom is -0.347 e. The Morgan fingerprint density at radius 3 is 2.53 bits per heavy atom. The van der Waals surface area contributed by atoms with Crippen molar-refractivity contribution in [3.8, 4) is 0 Å². The average molecular weight is 236 g/mol. The molecule has 0 unspecified atom stereocenters. The zero-order chi connectivity index (χ0) is 12.4. The molecule has 4 heteroatoms. The Morgan fingerprint density at radius 1 is 1.18 bits per heavy atom. The maximum atomic E-state index is 13.0. The smallest absolute Gasteiger partial charge is 0.159 e. The highest BCUT2D eigenvalue weighted by Crippen LogP contribution is 2.14. The Kier molecular flexibility index (Phi) is 3.24. The fourth-order valence-corrected chi connectivity index (χ4v) is 1.82. The molecule has 0 amide bonds. The molecule has 0 aliphatic rings. The molecule has 0 aliphatic carbocycles. The zero-order valence-electron chi connectivity index (χ0n) is 9.58. The Labute approximate surface area is 98.7 Å². The summed E-state index contributed by atoms with van der Waals surface area (Å²) >= 11 is 0. The second-order valence-electron chi connectivity index (χ2n) is 4.01. The first-order chi connectivity index (χ1) is 8.11. The van der Waals surface area contributed by atoms with Gasteiger partial charge in [-0.15, -0.1) is 0 Å². The maximum Gasteiger partial charge on any atom is 0.159 e. The first-order valence-corrected chi connectivity index (χ1v) is 5.40. The number of aromatic nitrogens is 1. The van der Waals surface area contributed by atoms with Gasteiger partial charge in [0.25, 0.3) is 0 Å². The third-order valence-electron chi connectivity index (χ3n) is 2.91. The van der Waals surface area contributed by atoms with Crippen LogP contribution in [0.3, 0.4) is 0 Å². The van der Waals surface area contributed by atoms with Crippen molar-refractivity contribution in [2.45, 2.75) is 20.0 Å². The second-order valence-corrected chi connectivity index (χ2v) is 4.01. The molecule has 0 radical (unpaired) electrons. The normalized spacial score (nSPS) is 10.8. The summed E-state index contributed by atoms with van der Waals surface area (Å²) in [6, 6.07) is 5.89. The lowest BCUT2D eigenvalue weighted by Gasteiger charge is -2.07. The molecule has 1 aromatic heterocycles. The molecule has 0 fully saturated rings. The monoisotopic (exact) mass is 236 g/mol. The van der Waals surface area contributed by atoms with Crippen LogP contribution in [-0.4, -0.2) is 4.57 Å². The van der Waals surface area contributed by atoms with E-state index in [1.54, 1.807) is 6.07 Å². The summed E-state index contributed by atoms with van der Waals surface area (Å²) in [5, 5.41) is 0. The van der Waals surface area contributed by atoms with E-state index >= 15 is 0 Å². The van der Waals surface area contributed by atoms with Gasteiger partial charge in [-0.1, -0.05) is 6.07 Å². The molecule has 0 spiro atoms. The molecule has 1 heterocycles. The van der Waals surface area contributed by atoms with Crippen molar-refractivity contribution < 1.29 is 8.78 Å². The molecule has 90 valence electrons. The van der Waals surface area contributed by atoms with Gasteiger partial charge in [0.1, 0.15) is 0 Å². The molecule has 1 aromatic carbocycles. The SMILES string of the molecule is Cc1c(CN)ccn1Cc1ccc(F)c(F)c1. The zero-order valence-corrected chi connectivity index (χ0v) is 9.58. The van der Waals surface area contributed by atoms with Crippen LogP contribution in [0.2, 0.25) is 0 Å². The van der Waals surface area contributed by atoms with Gasteiger partial charge in [0.2, 0.25) is 0 Å². The topological polar surface area (TPSA) is 30.9 Å². The van der Waals surface area contributed by atoms with E-state index in [0.717, 1.165) is 22.9 Å². The summed E-state index contributed by atoms with van der Waals surface area (Å²) in [4.78, 5) is 0. The van der Waals surface area contributed by atoms with Crippen LogP contribution < -0.4 is 5.73 Å². The van der Waals surface area contributed by atoms with Crippen molar-refractivity contribution >= 4 is 0 Å². The third kappa shape index (κ3) is 2.36. The van der Waals surface area contributed by atoms with Crippen LogP contribution in [-0.2, 0) is 13.1 Å². The average Bonchev–Trinajstić information content (AvgIpc) is 2.65. The minimum absolute atomic E-state index is 0.483. The highest BCUT2D eigenvalue weighted by atomic mass is 19.2. The molecule has 2 N–H and O–H groups in total. The Hall–Kier alpha value is -1.68. The molecule has 17 heavy (non-hydrogen) atoms. The molecule has 0 atom stereocenters. The lowest BCUT2D eigenvalue weighted by Crippen LogP contribution is -2.04. The molecule has 2 aromatic rings. The van der Waals surface area contributed by atoms with E-state index < -0.39 is 11.6 Å². The van der Waals surface area contributed by atoms with Gasteiger partial charge in [-0.05, 0) is 36.2 Å². The van der Waals surface area contributed by atoms with E-state index in [4.69, 9.17) is 5.73 Å². The fraction of sp³-hybridized carbons (Fsp3) is 0.231. The summed E-state index contributed by atoms with van der Waals surface area (Å²) in [7, 11) is 0. The molecule has 0 saturated carbocycles. The van der Waals surface area contributed by atoms with Crippen LogP contribution in [0.15, 0.2) is 30.5 Å². The van der Waals surface area contributed by atoms with Gasteiger partial charge in [-0.2, -0.15) is 0 Å². The van der Waals surface area contributed by atoms with Gasteiger partial charge in [-0.3, -0.25) is 0 Å². The lowest BCUT2D eigenvalue weighted by atomic mass is 10.2. The molecular formula is C13H14F2N2.